The van der Waals surface area contributed by atoms with E-state index in [1.165, 1.54) is 4.90 Å². The van der Waals surface area contributed by atoms with Gasteiger partial charge in [-0.05, 0) is 12.5 Å². The lowest BCUT2D eigenvalue weighted by atomic mass is 9.65. The Bertz CT molecular complexity index is 613. The number of fused-ring (bicyclic) bond motifs is 2. The Hall–Kier alpha value is -2.37. The first-order valence-corrected chi connectivity index (χ1v) is 6.50. The molecule has 0 fully saturated rings. The lowest BCUT2D eigenvalue weighted by molar-refractivity contribution is -0.121. The van der Waals surface area contributed by atoms with Gasteiger partial charge in [0.05, 0.1) is 0 Å². The standard InChI is InChI=1S/C14H15N3O3/c1-9-12(18)16-11-10(3-2-6-15-11)14(9)4-7-17(8-5-14)13(19)20/h2-4,6-7,9H,5,8H2,1H3,(H,19,20)(H,15,16,18). The molecule has 3 rings (SSSR count). The summed E-state index contributed by atoms with van der Waals surface area (Å²) in [5, 5.41) is 11.8. The predicted octanol–water partition coefficient (Wildman–Crippen LogP) is 1.80. The van der Waals surface area contributed by atoms with Crippen LogP contribution in [0.1, 0.15) is 18.9 Å². The molecule has 0 saturated heterocycles. The van der Waals surface area contributed by atoms with E-state index >= 15 is 0 Å². The summed E-state index contributed by atoms with van der Waals surface area (Å²) in [6.07, 6.45) is 4.62. The summed E-state index contributed by atoms with van der Waals surface area (Å²) in [6.45, 7) is 2.24. The summed E-state index contributed by atoms with van der Waals surface area (Å²) >= 11 is 0. The van der Waals surface area contributed by atoms with Crippen LogP contribution in [0.3, 0.4) is 0 Å². The van der Waals surface area contributed by atoms with Crippen molar-refractivity contribution in [3.05, 3.63) is 36.2 Å². The largest absolute Gasteiger partial charge is 0.465 e. The number of hydrogen-bond acceptors (Lipinski definition) is 3. The van der Waals surface area contributed by atoms with Gasteiger partial charge in [0.1, 0.15) is 5.82 Å². The number of anilines is 1. The molecule has 20 heavy (non-hydrogen) atoms. The third-order valence-corrected chi connectivity index (χ3v) is 4.28. The number of carboxylic acid groups (broad SMARTS) is 1. The van der Waals surface area contributed by atoms with Crippen LogP contribution in [0.15, 0.2) is 30.6 Å². The van der Waals surface area contributed by atoms with Crippen LogP contribution in [0.5, 0.6) is 0 Å². The van der Waals surface area contributed by atoms with Gasteiger partial charge in [0.15, 0.2) is 0 Å². The molecular weight excluding hydrogens is 258 g/mol. The number of amides is 2. The Morgan fingerprint density at radius 3 is 3.05 bits per heavy atom. The molecule has 0 aromatic carbocycles. The Morgan fingerprint density at radius 2 is 2.40 bits per heavy atom. The zero-order valence-corrected chi connectivity index (χ0v) is 11.0. The third-order valence-electron chi connectivity index (χ3n) is 4.28. The fourth-order valence-electron chi connectivity index (χ4n) is 3.00. The van der Waals surface area contributed by atoms with Crippen LogP contribution in [0.25, 0.3) is 0 Å². The van der Waals surface area contributed by atoms with Crippen molar-refractivity contribution in [2.45, 2.75) is 18.8 Å². The van der Waals surface area contributed by atoms with Gasteiger partial charge < -0.3 is 10.4 Å². The SMILES string of the molecule is CC1C(=O)Nc2ncccc2C12C=CN(C(=O)O)CC2. The summed E-state index contributed by atoms with van der Waals surface area (Å²) in [5.41, 5.74) is 0.478. The number of aromatic nitrogens is 1. The van der Waals surface area contributed by atoms with E-state index in [-0.39, 0.29) is 11.8 Å². The highest BCUT2D eigenvalue weighted by atomic mass is 16.4. The maximum Gasteiger partial charge on any atom is 0.411 e. The molecule has 2 aliphatic rings. The zero-order valence-electron chi connectivity index (χ0n) is 11.0. The van der Waals surface area contributed by atoms with E-state index in [1.54, 1.807) is 12.4 Å². The topological polar surface area (TPSA) is 82.5 Å². The number of nitrogens with one attached hydrogen (secondary N) is 1. The fourth-order valence-corrected chi connectivity index (χ4v) is 3.00. The Balaban J connectivity index is 2.10. The lowest BCUT2D eigenvalue weighted by Gasteiger charge is -2.43. The minimum absolute atomic E-state index is 0.0791. The number of carbonyl (C=O) groups excluding carboxylic acids is 1. The molecule has 0 aliphatic carbocycles. The maximum atomic E-state index is 12.1. The summed E-state index contributed by atoms with van der Waals surface area (Å²) in [5.74, 6) is 0.236. The summed E-state index contributed by atoms with van der Waals surface area (Å²) in [6, 6.07) is 3.78. The second-order valence-corrected chi connectivity index (χ2v) is 5.19. The van der Waals surface area contributed by atoms with E-state index in [2.05, 4.69) is 10.3 Å². The maximum absolute atomic E-state index is 12.1. The molecule has 6 heteroatoms. The van der Waals surface area contributed by atoms with Gasteiger partial charge in [-0.15, -0.1) is 0 Å². The van der Waals surface area contributed by atoms with Gasteiger partial charge in [-0.1, -0.05) is 19.1 Å². The average molecular weight is 273 g/mol. The van der Waals surface area contributed by atoms with Crippen molar-refractivity contribution >= 4 is 17.8 Å². The minimum Gasteiger partial charge on any atom is -0.465 e. The number of rotatable bonds is 0. The number of allylic oxidation sites excluding steroid dienone is 1. The fraction of sp³-hybridized carbons (Fsp3) is 0.357. The van der Waals surface area contributed by atoms with Crippen molar-refractivity contribution in [2.75, 3.05) is 11.9 Å². The van der Waals surface area contributed by atoms with E-state index in [0.717, 1.165) is 5.56 Å². The molecule has 1 aromatic heterocycles. The van der Waals surface area contributed by atoms with E-state index in [9.17, 15) is 9.59 Å². The highest BCUT2D eigenvalue weighted by molar-refractivity contribution is 5.96. The Labute approximate surface area is 116 Å². The van der Waals surface area contributed by atoms with Crippen molar-refractivity contribution < 1.29 is 14.7 Å². The molecule has 104 valence electrons. The van der Waals surface area contributed by atoms with E-state index in [4.69, 9.17) is 5.11 Å². The van der Waals surface area contributed by atoms with Gasteiger partial charge >= 0.3 is 6.09 Å². The van der Waals surface area contributed by atoms with Crippen molar-refractivity contribution in [1.82, 2.24) is 9.88 Å². The molecular formula is C14H15N3O3. The van der Waals surface area contributed by atoms with Crippen molar-refractivity contribution in [3.63, 3.8) is 0 Å². The second kappa shape index (κ2) is 4.33. The molecule has 6 nitrogen and oxygen atoms in total. The second-order valence-electron chi connectivity index (χ2n) is 5.19. The number of hydrogen-bond donors (Lipinski definition) is 2. The number of nitrogens with zero attached hydrogens (tertiary/aromatic N) is 2. The van der Waals surface area contributed by atoms with Crippen LogP contribution in [0.2, 0.25) is 0 Å². The van der Waals surface area contributed by atoms with Crippen LogP contribution in [-0.4, -0.2) is 33.5 Å². The molecule has 0 bridgehead atoms. The normalized spacial score (nSPS) is 28.1. The highest BCUT2D eigenvalue weighted by Gasteiger charge is 2.46. The van der Waals surface area contributed by atoms with Gasteiger partial charge in [-0.2, -0.15) is 0 Å². The van der Waals surface area contributed by atoms with Crippen LogP contribution in [0.4, 0.5) is 10.6 Å². The molecule has 0 radical (unpaired) electrons. The minimum atomic E-state index is -0.976. The van der Waals surface area contributed by atoms with E-state index < -0.39 is 11.5 Å². The summed E-state index contributed by atoms with van der Waals surface area (Å²) in [7, 11) is 0. The van der Waals surface area contributed by atoms with Gasteiger partial charge in [-0.3, -0.25) is 9.69 Å². The van der Waals surface area contributed by atoms with Gasteiger partial charge in [0.2, 0.25) is 5.91 Å². The lowest BCUT2D eigenvalue weighted by Crippen LogP contribution is -2.48. The van der Waals surface area contributed by atoms with Crippen molar-refractivity contribution in [2.24, 2.45) is 5.92 Å². The molecule has 3 heterocycles. The Morgan fingerprint density at radius 1 is 1.60 bits per heavy atom. The van der Waals surface area contributed by atoms with Crippen LogP contribution >= 0.6 is 0 Å². The third kappa shape index (κ3) is 1.68. The van der Waals surface area contributed by atoms with Crippen LogP contribution < -0.4 is 5.32 Å². The molecule has 2 aliphatic heterocycles. The average Bonchev–Trinajstić information content (AvgIpc) is 2.46. The van der Waals surface area contributed by atoms with E-state index in [1.807, 2.05) is 25.1 Å². The highest BCUT2D eigenvalue weighted by Crippen LogP contribution is 2.45. The van der Waals surface area contributed by atoms with Gasteiger partial charge in [-0.25, -0.2) is 9.78 Å². The first kappa shape index (κ1) is 12.7. The molecule has 2 N–H and O–H groups in total. The molecule has 2 amide bonds. The smallest absolute Gasteiger partial charge is 0.411 e. The monoisotopic (exact) mass is 273 g/mol. The molecule has 2 unspecified atom stereocenters. The molecule has 1 spiro atoms. The predicted molar refractivity (Wildman–Crippen MR) is 72.2 cm³/mol. The quantitative estimate of drug-likeness (QED) is 0.755. The van der Waals surface area contributed by atoms with Crippen molar-refractivity contribution in [1.29, 1.82) is 0 Å². The molecule has 1 aromatic rings. The first-order chi connectivity index (χ1) is 9.54. The molecule has 0 saturated carbocycles. The molecule has 2 atom stereocenters. The van der Waals surface area contributed by atoms with E-state index in [0.29, 0.717) is 18.8 Å². The first-order valence-electron chi connectivity index (χ1n) is 6.50. The van der Waals surface area contributed by atoms with Crippen LogP contribution in [-0.2, 0) is 10.2 Å². The summed E-state index contributed by atoms with van der Waals surface area (Å²) < 4.78 is 0. The van der Waals surface area contributed by atoms with Crippen LogP contribution in [0, 0.1) is 5.92 Å². The Kier molecular flexibility index (Phi) is 2.74. The number of pyridine rings is 1. The van der Waals surface area contributed by atoms with Gasteiger partial charge in [0.25, 0.3) is 0 Å². The zero-order chi connectivity index (χ0) is 14.3. The van der Waals surface area contributed by atoms with Gasteiger partial charge in [0, 0.05) is 35.8 Å². The van der Waals surface area contributed by atoms with Crippen molar-refractivity contribution in [3.8, 4) is 0 Å². The summed E-state index contributed by atoms with van der Waals surface area (Å²) in [4.78, 5) is 28.6. The number of carbonyl (C=O) groups is 2.